The summed E-state index contributed by atoms with van der Waals surface area (Å²) in [6.07, 6.45) is 25.5. The highest BCUT2D eigenvalue weighted by molar-refractivity contribution is 5.26. The summed E-state index contributed by atoms with van der Waals surface area (Å²) in [7, 11) is 0. The van der Waals surface area contributed by atoms with E-state index >= 15 is 0 Å². The van der Waals surface area contributed by atoms with Gasteiger partial charge in [0.15, 0.2) is 0 Å². The average Bonchev–Trinajstić information content (AvgIpc) is 3.03. The van der Waals surface area contributed by atoms with Gasteiger partial charge in [-0.3, -0.25) is 0 Å². The lowest BCUT2D eigenvalue weighted by Crippen LogP contribution is -2.52. The standard InChI is InChI=1S/C38H63N.C3H8.C2H6/c1-8-23-37(6)24-25-38(7)32(27-37)20-21-34-28(5)30(19-22-35(34)38)17-13-12-15-29-16-14-18-31(26-29)36(11-4)39-33(9-2)10-3;1-3-2;1-2/h13-14,16-18,26,28,30,32-36,39H,8-12,15,19-25,27H2,1-7H3;3H2,1-2H3;1-2H3. The summed E-state index contributed by atoms with van der Waals surface area (Å²) in [6.45, 7) is 25.5. The molecule has 3 aliphatic carbocycles. The van der Waals surface area contributed by atoms with Gasteiger partial charge in [-0.2, -0.15) is 0 Å². The van der Waals surface area contributed by atoms with Crippen LogP contribution >= 0.6 is 0 Å². The maximum atomic E-state index is 3.90. The van der Waals surface area contributed by atoms with E-state index in [0.29, 0.717) is 22.9 Å². The Labute approximate surface area is 277 Å². The van der Waals surface area contributed by atoms with Crippen molar-refractivity contribution in [2.45, 2.75) is 185 Å². The number of fused-ring (bicyclic) bond motifs is 3. The highest BCUT2D eigenvalue weighted by Crippen LogP contribution is 2.64. The van der Waals surface area contributed by atoms with Gasteiger partial charge in [-0.15, -0.1) is 0 Å². The van der Waals surface area contributed by atoms with Gasteiger partial charge >= 0.3 is 0 Å². The van der Waals surface area contributed by atoms with Crippen molar-refractivity contribution >= 4 is 0 Å². The fourth-order valence-electron chi connectivity index (χ4n) is 9.68. The maximum absolute atomic E-state index is 3.90. The molecule has 1 N–H and O–H groups in total. The lowest BCUT2D eigenvalue weighted by molar-refractivity contribution is -0.107. The first-order valence-corrected chi connectivity index (χ1v) is 19.7. The molecule has 1 heteroatoms. The second kappa shape index (κ2) is 19.6. The van der Waals surface area contributed by atoms with Crippen molar-refractivity contribution in [1.82, 2.24) is 5.32 Å². The van der Waals surface area contributed by atoms with Crippen molar-refractivity contribution in [3.63, 3.8) is 0 Å². The molecule has 0 spiro atoms. The van der Waals surface area contributed by atoms with E-state index < -0.39 is 0 Å². The number of allylic oxidation sites excluding steroid dienone is 2. The van der Waals surface area contributed by atoms with E-state index in [4.69, 9.17) is 0 Å². The molecule has 1 aromatic rings. The van der Waals surface area contributed by atoms with Crippen LogP contribution in [-0.4, -0.2) is 6.04 Å². The molecule has 44 heavy (non-hydrogen) atoms. The fourth-order valence-corrected chi connectivity index (χ4v) is 9.68. The molecule has 0 heterocycles. The van der Waals surface area contributed by atoms with Crippen LogP contribution in [0.3, 0.4) is 0 Å². The molecule has 1 aromatic carbocycles. The molecule has 254 valence electrons. The minimum Gasteiger partial charge on any atom is -0.307 e. The van der Waals surface area contributed by atoms with E-state index in [1.165, 1.54) is 94.6 Å². The molecule has 0 radical (unpaired) electrons. The van der Waals surface area contributed by atoms with Crippen LogP contribution in [0.5, 0.6) is 0 Å². The SMILES string of the molecule is CC.CCC.CCCC1(C)CCC2(C)C(CCC3C(C)C(C=CCCc4cccc(C(CC)NC(CC)CC)c4)CCC32)C1. The minimum atomic E-state index is 0.475. The fraction of sp³-hybridized carbons (Fsp3) is 0.814. The molecule has 3 saturated carbocycles. The van der Waals surface area contributed by atoms with Gasteiger partial charge in [-0.05, 0) is 135 Å². The largest absolute Gasteiger partial charge is 0.307 e. The van der Waals surface area contributed by atoms with Crippen molar-refractivity contribution in [3.05, 3.63) is 47.5 Å². The molecule has 0 saturated heterocycles. The Bertz CT molecular complexity index is 929. The van der Waals surface area contributed by atoms with Gasteiger partial charge in [-0.1, -0.05) is 125 Å². The molecule has 1 nitrogen and oxygen atoms in total. The number of benzene rings is 1. The predicted molar refractivity (Wildman–Crippen MR) is 198 cm³/mol. The summed E-state index contributed by atoms with van der Waals surface area (Å²) in [4.78, 5) is 0. The third-order valence-electron chi connectivity index (χ3n) is 12.3. The van der Waals surface area contributed by atoms with Crippen LogP contribution in [-0.2, 0) is 6.42 Å². The maximum Gasteiger partial charge on any atom is 0.0320 e. The molecule has 4 rings (SSSR count). The Morgan fingerprint density at radius 2 is 1.61 bits per heavy atom. The second-order valence-corrected chi connectivity index (χ2v) is 15.5. The van der Waals surface area contributed by atoms with Crippen molar-refractivity contribution in [1.29, 1.82) is 0 Å². The monoisotopic (exact) mass is 608 g/mol. The number of rotatable bonds is 12. The van der Waals surface area contributed by atoms with E-state index in [2.05, 4.69) is 104 Å². The Morgan fingerprint density at radius 1 is 0.909 bits per heavy atom. The molecule has 0 bridgehead atoms. The average molecular weight is 608 g/mol. The van der Waals surface area contributed by atoms with Crippen molar-refractivity contribution in [2.24, 2.45) is 40.4 Å². The Balaban J connectivity index is 0.00000127. The third-order valence-corrected chi connectivity index (χ3v) is 12.3. The molecule has 8 atom stereocenters. The highest BCUT2D eigenvalue weighted by Gasteiger charge is 2.54. The Kier molecular flexibility index (Phi) is 17.4. The van der Waals surface area contributed by atoms with E-state index in [1.54, 1.807) is 0 Å². The van der Waals surface area contributed by atoms with Crippen LogP contribution in [0.2, 0.25) is 0 Å². The van der Waals surface area contributed by atoms with Gasteiger partial charge in [0.2, 0.25) is 0 Å². The molecule has 0 aromatic heterocycles. The molecule has 3 fully saturated rings. The van der Waals surface area contributed by atoms with Crippen molar-refractivity contribution in [3.8, 4) is 0 Å². The summed E-state index contributed by atoms with van der Waals surface area (Å²) in [5.41, 5.74) is 4.21. The van der Waals surface area contributed by atoms with Crippen LogP contribution < -0.4 is 5.32 Å². The summed E-state index contributed by atoms with van der Waals surface area (Å²) < 4.78 is 0. The lowest BCUT2D eigenvalue weighted by atomic mass is 9.44. The first kappa shape index (κ1) is 39.1. The number of aryl methyl sites for hydroxylation is 1. The molecular weight excluding hydrogens is 530 g/mol. The number of hydrogen-bond donors (Lipinski definition) is 1. The van der Waals surface area contributed by atoms with Crippen LogP contribution in [0.1, 0.15) is 183 Å². The molecule has 8 unspecified atom stereocenters. The van der Waals surface area contributed by atoms with Crippen LogP contribution in [0, 0.1) is 40.4 Å². The Morgan fingerprint density at radius 3 is 2.25 bits per heavy atom. The second-order valence-electron chi connectivity index (χ2n) is 15.5. The first-order chi connectivity index (χ1) is 21.2. The molecule has 0 amide bonds. The summed E-state index contributed by atoms with van der Waals surface area (Å²) >= 11 is 0. The van der Waals surface area contributed by atoms with E-state index in [0.717, 1.165) is 42.4 Å². The zero-order chi connectivity index (χ0) is 32.8. The normalized spacial score (nSPS) is 32.1. The van der Waals surface area contributed by atoms with E-state index in [1.807, 2.05) is 13.8 Å². The summed E-state index contributed by atoms with van der Waals surface area (Å²) in [6, 6.07) is 10.5. The number of hydrogen-bond acceptors (Lipinski definition) is 1. The third kappa shape index (κ3) is 10.2. The first-order valence-electron chi connectivity index (χ1n) is 19.7. The topological polar surface area (TPSA) is 12.0 Å². The van der Waals surface area contributed by atoms with E-state index in [9.17, 15) is 0 Å². The molecule has 0 aliphatic heterocycles. The van der Waals surface area contributed by atoms with Crippen LogP contribution in [0.25, 0.3) is 0 Å². The van der Waals surface area contributed by atoms with E-state index in [-0.39, 0.29) is 0 Å². The van der Waals surface area contributed by atoms with Crippen LogP contribution in [0.4, 0.5) is 0 Å². The Hall–Kier alpha value is -1.08. The van der Waals surface area contributed by atoms with Crippen molar-refractivity contribution < 1.29 is 0 Å². The molecular formula is C43H77N. The number of nitrogens with one attached hydrogen (secondary N) is 1. The van der Waals surface area contributed by atoms with Gasteiger partial charge in [0.05, 0.1) is 0 Å². The van der Waals surface area contributed by atoms with Gasteiger partial charge < -0.3 is 5.32 Å². The predicted octanol–water partition coefficient (Wildman–Crippen LogP) is 13.5. The quantitative estimate of drug-likeness (QED) is 0.233. The molecule has 3 aliphatic rings. The van der Waals surface area contributed by atoms with Gasteiger partial charge in [0.25, 0.3) is 0 Å². The zero-order valence-corrected chi connectivity index (χ0v) is 31.6. The zero-order valence-electron chi connectivity index (χ0n) is 31.6. The summed E-state index contributed by atoms with van der Waals surface area (Å²) in [5, 5.41) is 3.90. The smallest absolute Gasteiger partial charge is 0.0320 e. The van der Waals surface area contributed by atoms with Crippen LogP contribution in [0.15, 0.2) is 36.4 Å². The van der Waals surface area contributed by atoms with Crippen molar-refractivity contribution in [2.75, 3.05) is 0 Å². The lowest BCUT2D eigenvalue weighted by Gasteiger charge is -2.60. The highest BCUT2D eigenvalue weighted by atomic mass is 14.9. The van der Waals surface area contributed by atoms with Gasteiger partial charge in [0.1, 0.15) is 0 Å². The van der Waals surface area contributed by atoms with Gasteiger partial charge in [0, 0.05) is 12.1 Å². The van der Waals surface area contributed by atoms with Gasteiger partial charge in [-0.25, -0.2) is 0 Å². The minimum absolute atomic E-state index is 0.475. The summed E-state index contributed by atoms with van der Waals surface area (Å²) in [5.74, 6) is 4.56.